The van der Waals surface area contributed by atoms with E-state index in [0.29, 0.717) is 22.0 Å². The lowest BCUT2D eigenvalue weighted by Crippen LogP contribution is -2.33. The van der Waals surface area contributed by atoms with Crippen molar-refractivity contribution in [3.05, 3.63) is 22.6 Å². The normalized spacial score (nSPS) is 18.5. The summed E-state index contributed by atoms with van der Waals surface area (Å²) >= 11 is 6.21. The van der Waals surface area contributed by atoms with Crippen molar-refractivity contribution in [1.29, 1.82) is 0 Å². The standard InChI is InChI=1S/C18H20N2O5S2/c1-24-13-9-12(19-5-3-4-6-19)14(25-2)7-11(13)8-15-17(23)20(10-16(21)22)18(26)27-15/h7-9H,3-6,10H2,1-2H3,(H,21,22)/b15-8+. The minimum absolute atomic E-state index is 0.230. The first-order valence-electron chi connectivity index (χ1n) is 8.42. The molecule has 2 aliphatic rings. The molecule has 2 aliphatic heterocycles. The summed E-state index contributed by atoms with van der Waals surface area (Å²) in [5.74, 6) is -0.218. The van der Waals surface area contributed by atoms with Crippen LogP contribution in [0.25, 0.3) is 6.08 Å². The van der Waals surface area contributed by atoms with Crippen LogP contribution >= 0.6 is 24.0 Å². The van der Waals surface area contributed by atoms with E-state index in [1.54, 1.807) is 20.3 Å². The van der Waals surface area contributed by atoms with Gasteiger partial charge < -0.3 is 19.5 Å². The number of carbonyl (C=O) groups is 2. The molecule has 1 aromatic rings. The number of carboxylic acid groups (broad SMARTS) is 1. The van der Waals surface area contributed by atoms with E-state index >= 15 is 0 Å². The highest BCUT2D eigenvalue weighted by Gasteiger charge is 2.33. The highest BCUT2D eigenvalue weighted by molar-refractivity contribution is 8.26. The molecular formula is C18H20N2O5S2. The number of methoxy groups -OCH3 is 2. The summed E-state index contributed by atoms with van der Waals surface area (Å²) in [6.45, 7) is 1.48. The molecule has 0 spiro atoms. The van der Waals surface area contributed by atoms with E-state index in [2.05, 4.69) is 4.90 Å². The number of carbonyl (C=O) groups excluding carboxylic acids is 1. The zero-order chi connectivity index (χ0) is 19.6. The van der Waals surface area contributed by atoms with Gasteiger partial charge in [-0.3, -0.25) is 14.5 Å². The molecule has 0 radical (unpaired) electrons. The van der Waals surface area contributed by atoms with Gasteiger partial charge in [0, 0.05) is 24.7 Å². The average molecular weight is 409 g/mol. The second-order valence-corrected chi connectivity index (χ2v) is 7.80. The number of hydrogen-bond donors (Lipinski definition) is 1. The number of anilines is 1. The van der Waals surface area contributed by atoms with E-state index < -0.39 is 18.4 Å². The second-order valence-electron chi connectivity index (χ2n) is 6.12. The van der Waals surface area contributed by atoms with Crippen molar-refractivity contribution in [2.24, 2.45) is 0 Å². The van der Waals surface area contributed by atoms with E-state index in [9.17, 15) is 9.59 Å². The number of aliphatic carboxylic acids is 1. The van der Waals surface area contributed by atoms with Crippen molar-refractivity contribution in [3.8, 4) is 11.5 Å². The fraction of sp³-hybridized carbons (Fsp3) is 0.389. The number of carboxylic acids is 1. The van der Waals surface area contributed by atoms with Gasteiger partial charge in [-0.25, -0.2) is 0 Å². The molecule has 1 aromatic carbocycles. The van der Waals surface area contributed by atoms with E-state index in [1.807, 2.05) is 12.1 Å². The molecule has 9 heteroatoms. The molecule has 27 heavy (non-hydrogen) atoms. The number of benzene rings is 1. The Kier molecular flexibility index (Phi) is 5.91. The maximum atomic E-state index is 12.5. The first-order valence-corrected chi connectivity index (χ1v) is 9.65. The smallest absolute Gasteiger partial charge is 0.323 e. The Morgan fingerprint density at radius 3 is 2.52 bits per heavy atom. The van der Waals surface area contributed by atoms with Crippen LogP contribution in [0.15, 0.2) is 17.0 Å². The minimum atomic E-state index is -1.11. The van der Waals surface area contributed by atoms with Crippen LogP contribution in [0.4, 0.5) is 5.69 Å². The maximum absolute atomic E-state index is 12.5. The van der Waals surface area contributed by atoms with Crippen LogP contribution in [0.1, 0.15) is 18.4 Å². The molecule has 144 valence electrons. The number of nitrogens with zero attached hydrogens (tertiary/aromatic N) is 2. The van der Waals surface area contributed by atoms with Crippen molar-refractivity contribution < 1.29 is 24.2 Å². The Labute approximate surface area is 166 Å². The molecule has 1 N–H and O–H groups in total. The highest BCUT2D eigenvalue weighted by atomic mass is 32.2. The summed E-state index contributed by atoms with van der Waals surface area (Å²) in [5.41, 5.74) is 1.63. The highest BCUT2D eigenvalue weighted by Crippen LogP contribution is 2.40. The van der Waals surface area contributed by atoms with Gasteiger partial charge in [-0.15, -0.1) is 0 Å². The lowest BCUT2D eigenvalue weighted by molar-refractivity contribution is -0.140. The monoisotopic (exact) mass is 408 g/mol. The number of hydrogen-bond acceptors (Lipinski definition) is 7. The van der Waals surface area contributed by atoms with Gasteiger partial charge in [0.05, 0.1) is 24.8 Å². The molecule has 3 rings (SSSR count). The lowest BCUT2D eigenvalue weighted by atomic mass is 10.1. The molecule has 0 aromatic heterocycles. The quantitative estimate of drug-likeness (QED) is 0.568. The van der Waals surface area contributed by atoms with Gasteiger partial charge in [-0.1, -0.05) is 24.0 Å². The molecule has 0 saturated carbocycles. The zero-order valence-corrected chi connectivity index (χ0v) is 16.7. The molecule has 1 amide bonds. The van der Waals surface area contributed by atoms with Gasteiger partial charge in [-0.2, -0.15) is 0 Å². The fourth-order valence-corrected chi connectivity index (χ4v) is 4.38. The van der Waals surface area contributed by atoms with Crippen molar-refractivity contribution in [2.45, 2.75) is 12.8 Å². The average Bonchev–Trinajstić information content (AvgIpc) is 3.26. The van der Waals surface area contributed by atoms with Gasteiger partial charge >= 0.3 is 5.97 Å². The molecule has 0 bridgehead atoms. The number of thiocarbonyl (C=S) groups is 1. The van der Waals surface area contributed by atoms with Crippen LogP contribution in [0.3, 0.4) is 0 Å². The minimum Gasteiger partial charge on any atom is -0.496 e. The molecule has 0 unspecified atom stereocenters. The Bertz CT molecular complexity index is 818. The Morgan fingerprint density at radius 2 is 1.93 bits per heavy atom. The Morgan fingerprint density at radius 1 is 1.26 bits per heavy atom. The van der Waals surface area contributed by atoms with Gasteiger partial charge in [0.15, 0.2) is 0 Å². The number of amides is 1. The first-order chi connectivity index (χ1) is 12.9. The summed E-state index contributed by atoms with van der Waals surface area (Å²) in [6.07, 6.45) is 3.94. The van der Waals surface area contributed by atoms with E-state index in [-0.39, 0.29) is 4.32 Å². The van der Waals surface area contributed by atoms with Crippen molar-refractivity contribution in [1.82, 2.24) is 4.90 Å². The molecule has 2 saturated heterocycles. The Balaban J connectivity index is 1.96. The maximum Gasteiger partial charge on any atom is 0.323 e. The van der Waals surface area contributed by atoms with Crippen LogP contribution in [-0.4, -0.2) is 60.1 Å². The van der Waals surface area contributed by atoms with Crippen molar-refractivity contribution >= 4 is 51.9 Å². The van der Waals surface area contributed by atoms with E-state index in [4.69, 9.17) is 26.8 Å². The predicted octanol–water partition coefficient (Wildman–Crippen LogP) is 2.59. The summed E-state index contributed by atoms with van der Waals surface area (Å²) < 4.78 is 11.3. The SMILES string of the molecule is COc1cc(N2CCCC2)c(OC)cc1/C=C1/SC(=S)N(CC(=O)O)C1=O. The summed E-state index contributed by atoms with van der Waals surface area (Å²) in [4.78, 5) is 27.1. The number of ether oxygens (including phenoxy) is 2. The number of rotatable bonds is 6. The van der Waals surface area contributed by atoms with Gasteiger partial charge in [0.1, 0.15) is 22.4 Å². The molecule has 0 atom stereocenters. The zero-order valence-electron chi connectivity index (χ0n) is 15.1. The fourth-order valence-electron chi connectivity index (χ4n) is 3.14. The largest absolute Gasteiger partial charge is 0.496 e. The van der Waals surface area contributed by atoms with Gasteiger partial charge in [0.25, 0.3) is 5.91 Å². The van der Waals surface area contributed by atoms with Crippen LogP contribution in [-0.2, 0) is 9.59 Å². The van der Waals surface area contributed by atoms with Crippen LogP contribution in [0.2, 0.25) is 0 Å². The molecule has 2 fully saturated rings. The summed E-state index contributed by atoms with van der Waals surface area (Å²) in [6, 6.07) is 3.74. The third kappa shape index (κ3) is 4.03. The molecule has 2 heterocycles. The van der Waals surface area contributed by atoms with Crippen LogP contribution in [0.5, 0.6) is 11.5 Å². The van der Waals surface area contributed by atoms with Crippen molar-refractivity contribution in [2.75, 3.05) is 38.8 Å². The second kappa shape index (κ2) is 8.18. The van der Waals surface area contributed by atoms with Gasteiger partial charge in [0.2, 0.25) is 0 Å². The van der Waals surface area contributed by atoms with Crippen LogP contribution < -0.4 is 14.4 Å². The predicted molar refractivity (Wildman–Crippen MR) is 109 cm³/mol. The first kappa shape index (κ1) is 19.5. The third-order valence-electron chi connectivity index (χ3n) is 4.43. The molecule has 0 aliphatic carbocycles. The van der Waals surface area contributed by atoms with Crippen molar-refractivity contribution in [3.63, 3.8) is 0 Å². The van der Waals surface area contributed by atoms with E-state index in [0.717, 1.165) is 48.3 Å². The number of thioether (sulfide) groups is 1. The molecular weight excluding hydrogens is 388 g/mol. The van der Waals surface area contributed by atoms with Crippen LogP contribution in [0, 0.1) is 0 Å². The van der Waals surface area contributed by atoms with Gasteiger partial charge in [-0.05, 0) is 25.0 Å². The summed E-state index contributed by atoms with van der Waals surface area (Å²) in [7, 11) is 3.18. The Hall–Kier alpha value is -2.26. The third-order valence-corrected chi connectivity index (χ3v) is 5.81. The lowest BCUT2D eigenvalue weighted by Gasteiger charge is -2.22. The molecule has 7 nitrogen and oxygen atoms in total. The topological polar surface area (TPSA) is 79.3 Å². The van der Waals surface area contributed by atoms with E-state index in [1.165, 1.54) is 0 Å². The summed E-state index contributed by atoms with van der Waals surface area (Å²) in [5, 5.41) is 8.95.